The van der Waals surface area contributed by atoms with Crippen molar-refractivity contribution in [3.8, 4) is 0 Å². The van der Waals surface area contributed by atoms with Gasteiger partial charge in [0.15, 0.2) is 0 Å². The zero-order valence-electron chi connectivity index (χ0n) is 45.1. The summed E-state index contributed by atoms with van der Waals surface area (Å²) in [7, 11) is 3.17. The molecule has 1 heterocycles. The minimum Gasteiger partial charge on any atom is -0.394 e. The summed E-state index contributed by atoms with van der Waals surface area (Å²) in [5, 5.41) is 35.7. The predicted molar refractivity (Wildman–Crippen MR) is 280 cm³/mol. The minimum atomic E-state index is -1.03. The second-order valence-corrected chi connectivity index (χ2v) is 22.2. The maximum absolute atomic E-state index is 14.5. The average Bonchev–Trinajstić information content (AvgIpc) is 3.77. The van der Waals surface area contributed by atoms with Gasteiger partial charge in [-0.1, -0.05) is 85.7 Å². The number of nitrogens with one attached hydrogen (secondary N) is 9. The van der Waals surface area contributed by atoms with E-state index < -0.39 is 89.3 Å². The number of aliphatic hydroxyl groups is 1. The second kappa shape index (κ2) is 26.9. The number of amides is 8. The van der Waals surface area contributed by atoms with E-state index in [1.165, 1.54) is 23.6 Å². The van der Waals surface area contributed by atoms with Gasteiger partial charge in [-0.3, -0.25) is 38.4 Å². The first kappa shape index (κ1) is 59.6. The number of likely N-dealkylation sites (tertiary alicyclic amines) is 1. The fraction of sp³-hybridized carbons (Fsp3) is 0.630. The van der Waals surface area contributed by atoms with Crippen molar-refractivity contribution in [3.05, 3.63) is 70.8 Å². The van der Waals surface area contributed by atoms with Gasteiger partial charge in [0.1, 0.15) is 30.2 Å². The molecule has 2 aromatic carbocycles. The third-order valence-electron chi connectivity index (χ3n) is 14.0. The van der Waals surface area contributed by atoms with Crippen molar-refractivity contribution in [2.24, 2.45) is 16.7 Å². The zero-order chi connectivity index (χ0) is 54.4. The molecular weight excluding hydrogens is 933 g/mol. The number of aliphatic hydroxyl groups excluding tert-OH is 1. The van der Waals surface area contributed by atoms with Crippen LogP contribution in [0, 0.1) is 16.7 Å². The van der Waals surface area contributed by atoms with Crippen molar-refractivity contribution in [1.29, 1.82) is 0 Å². The lowest BCUT2D eigenvalue weighted by Gasteiger charge is -2.36. The smallest absolute Gasteiger partial charge is 0.251 e. The van der Waals surface area contributed by atoms with Gasteiger partial charge >= 0.3 is 0 Å². The van der Waals surface area contributed by atoms with E-state index in [0.717, 1.165) is 18.4 Å². The van der Waals surface area contributed by atoms with E-state index in [2.05, 4.69) is 60.0 Å². The van der Waals surface area contributed by atoms with Gasteiger partial charge in [0.2, 0.25) is 35.4 Å². The van der Waals surface area contributed by atoms with E-state index in [1.54, 1.807) is 52.9 Å². The van der Waals surface area contributed by atoms with Crippen molar-refractivity contribution >= 4 is 47.3 Å². The van der Waals surface area contributed by atoms with Gasteiger partial charge in [-0.05, 0) is 119 Å². The van der Waals surface area contributed by atoms with Crippen LogP contribution >= 0.6 is 0 Å². The maximum atomic E-state index is 14.5. The zero-order valence-corrected chi connectivity index (χ0v) is 45.1. The van der Waals surface area contributed by atoms with Crippen LogP contribution < -0.4 is 47.9 Å². The number of unbranched alkanes of at least 4 members (excludes halogenated alkanes) is 1. The quantitative estimate of drug-likeness (QED) is 0.0719. The molecule has 2 aromatic rings. The largest absolute Gasteiger partial charge is 0.394 e. The first-order chi connectivity index (χ1) is 34.3. The number of hydrogen-bond acceptors (Lipinski definition) is 11. The number of fused-ring (bicyclic) bond motifs is 1. The highest BCUT2D eigenvalue weighted by molar-refractivity contribution is 6.00. The fourth-order valence-corrected chi connectivity index (χ4v) is 8.85. The number of carbonyl (C=O) groups is 8. The van der Waals surface area contributed by atoms with Crippen LogP contribution in [-0.4, -0.2) is 145 Å². The Bertz CT molecular complexity index is 2250. The molecule has 0 saturated carbocycles. The van der Waals surface area contributed by atoms with Crippen LogP contribution in [0.1, 0.15) is 133 Å². The van der Waals surface area contributed by atoms with E-state index in [1.807, 2.05) is 53.7 Å². The summed E-state index contributed by atoms with van der Waals surface area (Å²) in [6.45, 7) is 18.2. The number of carbonyl (C=O) groups excluding carboxylic acids is 8. The summed E-state index contributed by atoms with van der Waals surface area (Å²) in [5.41, 5.74) is 1.37. The minimum absolute atomic E-state index is 0.0127. The number of nitrogens with zero attached hydrogens (tertiary/aromatic N) is 1. The van der Waals surface area contributed by atoms with Gasteiger partial charge in [0, 0.05) is 42.3 Å². The highest BCUT2D eigenvalue weighted by Crippen LogP contribution is 2.28. The molecule has 0 spiro atoms. The van der Waals surface area contributed by atoms with Crippen molar-refractivity contribution < 1.29 is 43.5 Å². The SMILES string of the molecule is CNC(C)C(=O)NC(C(=O)N1CC(NC(=O)c2cccc(C(=O)NCCCCC(NC(=O)C(NC(=O)C(CO)NC)C(C)(C)C)C(=O)NC(C)C(C)C)c2)CC1C(=O)NC1CCc2ccccc2C1)C(C)(C)C. The summed E-state index contributed by atoms with van der Waals surface area (Å²) in [6, 6.07) is 7.99. The highest BCUT2D eigenvalue weighted by atomic mass is 16.3. The van der Waals surface area contributed by atoms with Crippen LogP contribution in [0.25, 0.3) is 0 Å². The third kappa shape index (κ3) is 17.1. The molecule has 4 rings (SSSR count). The third-order valence-corrected chi connectivity index (χ3v) is 14.0. The van der Waals surface area contributed by atoms with Crippen LogP contribution in [0.2, 0.25) is 0 Å². The Labute approximate surface area is 432 Å². The monoisotopic (exact) mass is 1020 g/mol. The molecule has 1 aliphatic heterocycles. The molecule has 0 aromatic heterocycles. The number of benzene rings is 2. The van der Waals surface area contributed by atoms with Crippen LogP contribution in [0.15, 0.2) is 48.5 Å². The Morgan fingerprint density at radius 2 is 1.29 bits per heavy atom. The highest BCUT2D eigenvalue weighted by Gasteiger charge is 2.46. The number of likely N-dealkylation sites (N-methyl/N-ethyl adjacent to an activating group) is 2. The predicted octanol–water partition coefficient (Wildman–Crippen LogP) is 1.86. The molecule has 19 heteroatoms. The van der Waals surface area contributed by atoms with E-state index in [0.29, 0.717) is 19.3 Å². The van der Waals surface area contributed by atoms with E-state index >= 15 is 0 Å². The van der Waals surface area contributed by atoms with E-state index in [9.17, 15) is 43.5 Å². The van der Waals surface area contributed by atoms with Gasteiger partial charge < -0.3 is 57.9 Å². The van der Waals surface area contributed by atoms with Crippen LogP contribution in [-0.2, 0) is 41.6 Å². The van der Waals surface area contributed by atoms with Gasteiger partial charge in [-0.2, -0.15) is 0 Å². The molecule has 1 aliphatic carbocycles. The average molecular weight is 1020 g/mol. The number of aryl methyl sites for hydroxylation is 1. The lowest BCUT2D eigenvalue weighted by Crippen LogP contribution is -2.60. The molecule has 9 unspecified atom stereocenters. The Balaban J connectivity index is 1.42. The van der Waals surface area contributed by atoms with Gasteiger partial charge in [0.25, 0.3) is 11.8 Å². The van der Waals surface area contributed by atoms with Gasteiger partial charge in [0.05, 0.1) is 12.6 Å². The molecule has 9 atom stereocenters. The van der Waals surface area contributed by atoms with Crippen molar-refractivity contribution in [3.63, 3.8) is 0 Å². The summed E-state index contributed by atoms with van der Waals surface area (Å²) in [4.78, 5) is 111. The van der Waals surface area contributed by atoms with Gasteiger partial charge in [-0.15, -0.1) is 0 Å². The van der Waals surface area contributed by atoms with Crippen LogP contribution in [0.4, 0.5) is 0 Å². The number of hydrogen-bond donors (Lipinski definition) is 10. The van der Waals surface area contributed by atoms with E-state index in [-0.39, 0.29) is 72.8 Å². The summed E-state index contributed by atoms with van der Waals surface area (Å²) in [6.07, 6.45) is 3.43. The van der Waals surface area contributed by atoms with Crippen LogP contribution in [0.3, 0.4) is 0 Å². The topological polar surface area (TPSA) is 268 Å². The molecule has 0 radical (unpaired) electrons. The van der Waals surface area contributed by atoms with Crippen molar-refractivity contribution in [2.75, 3.05) is 33.8 Å². The Morgan fingerprint density at radius 3 is 1.89 bits per heavy atom. The molecule has 10 N–H and O–H groups in total. The molecular formula is C54H84N10O9. The van der Waals surface area contributed by atoms with Crippen LogP contribution in [0.5, 0.6) is 0 Å². The summed E-state index contributed by atoms with van der Waals surface area (Å²) >= 11 is 0. The van der Waals surface area contributed by atoms with Crippen molar-refractivity contribution in [1.82, 2.24) is 52.8 Å². The fourth-order valence-electron chi connectivity index (χ4n) is 8.85. The Hall–Kier alpha value is -5.92. The Morgan fingerprint density at radius 1 is 0.671 bits per heavy atom. The molecule has 8 amide bonds. The second-order valence-electron chi connectivity index (χ2n) is 22.2. The molecule has 2 aliphatic rings. The first-order valence-corrected chi connectivity index (χ1v) is 25.8. The van der Waals surface area contributed by atoms with Crippen molar-refractivity contribution in [2.45, 2.75) is 169 Å². The molecule has 1 saturated heterocycles. The molecule has 1 fully saturated rings. The van der Waals surface area contributed by atoms with E-state index in [4.69, 9.17) is 0 Å². The lowest BCUT2D eigenvalue weighted by atomic mass is 9.85. The summed E-state index contributed by atoms with van der Waals surface area (Å²) < 4.78 is 0. The first-order valence-electron chi connectivity index (χ1n) is 25.8. The number of rotatable bonds is 23. The van der Waals surface area contributed by atoms with Gasteiger partial charge in [-0.25, -0.2) is 0 Å². The summed E-state index contributed by atoms with van der Waals surface area (Å²) in [5.74, 6) is -3.44. The maximum Gasteiger partial charge on any atom is 0.251 e. The Kier molecular flexibility index (Phi) is 21.9. The molecule has 0 bridgehead atoms. The lowest BCUT2D eigenvalue weighted by molar-refractivity contribution is -0.144. The molecule has 73 heavy (non-hydrogen) atoms. The normalized spacial score (nSPS) is 19.2. The molecule has 19 nitrogen and oxygen atoms in total. The standard InChI is InChI=1S/C54H84N10O9/c1-31(2)32(3)58-48(69)40(61-51(72)43(53(5,6)7)62-49(70)41(30-65)56-12)22-15-16-25-57-46(67)36-20-17-21-37(26-36)47(68)60-39-28-42(50(71)59-38-24-23-34-18-13-14-19-35(34)27-38)64(29-39)52(73)44(54(8,9)10)63-45(66)33(4)55-11/h13-14,17-21,26,31-33,38-44,55-56,65H,15-16,22-25,27-30H2,1-12H3,(H,57,67)(H,58,69)(H,59,71)(H,60,68)(H,61,72)(H,62,70)(H,63,66). The molecule has 404 valence electrons.